The zero-order valence-corrected chi connectivity index (χ0v) is 12.5. The number of hydrogen-bond acceptors (Lipinski definition) is 1. The first kappa shape index (κ1) is 13.9. The maximum atomic E-state index is 9.61. The molecule has 1 nitrogen and oxygen atoms in total. The van der Waals surface area contributed by atoms with Crippen molar-refractivity contribution in [2.24, 2.45) is 5.92 Å². The summed E-state index contributed by atoms with van der Waals surface area (Å²) in [7, 11) is 0. The van der Waals surface area contributed by atoms with Crippen LogP contribution in [-0.4, -0.2) is 11.2 Å². The highest BCUT2D eigenvalue weighted by atomic mass is 35.5. The highest BCUT2D eigenvalue weighted by molar-refractivity contribution is 6.30. The van der Waals surface area contributed by atoms with E-state index in [-0.39, 0.29) is 6.10 Å². The maximum absolute atomic E-state index is 9.61. The zero-order chi connectivity index (χ0) is 14.1. The van der Waals surface area contributed by atoms with E-state index in [4.69, 9.17) is 23.2 Å². The minimum Gasteiger partial charge on any atom is -0.393 e. The summed E-state index contributed by atoms with van der Waals surface area (Å²) < 4.78 is 0. The van der Waals surface area contributed by atoms with E-state index >= 15 is 0 Å². The van der Waals surface area contributed by atoms with Gasteiger partial charge in [-0.3, -0.25) is 0 Å². The molecule has 104 valence electrons. The second kappa shape index (κ2) is 5.77. The molecule has 0 heterocycles. The molecule has 0 spiro atoms. The van der Waals surface area contributed by atoms with Crippen LogP contribution in [0.3, 0.4) is 0 Å². The Labute approximate surface area is 129 Å². The fourth-order valence-corrected chi connectivity index (χ4v) is 3.23. The predicted molar refractivity (Wildman–Crippen MR) is 83.5 cm³/mol. The van der Waals surface area contributed by atoms with Gasteiger partial charge in [0.25, 0.3) is 0 Å². The third-order valence-electron chi connectivity index (χ3n) is 4.08. The van der Waals surface area contributed by atoms with Crippen molar-refractivity contribution in [3.8, 4) is 0 Å². The van der Waals surface area contributed by atoms with E-state index in [9.17, 15) is 5.11 Å². The van der Waals surface area contributed by atoms with E-state index in [0.717, 1.165) is 22.9 Å². The van der Waals surface area contributed by atoms with Crippen LogP contribution in [0, 0.1) is 5.92 Å². The highest BCUT2D eigenvalue weighted by Crippen LogP contribution is 2.43. The number of aliphatic hydroxyl groups excluding tert-OH is 1. The summed E-state index contributed by atoms with van der Waals surface area (Å²) in [5, 5.41) is 11.1. The SMILES string of the molecule is OC1CC(C(c2ccc(Cl)cc2)c2ccc(Cl)cc2)C1. The Kier molecular flexibility index (Phi) is 4.02. The first-order valence-corrected chi connectivity index (χ1v) is 7.58. The summed E-state index contributed by atoms with van der Waals surface area (Å²) in [6, 6.07) is 16.0. The summed E-state index contributed by atoms with van der Waals surface area (Å²) in [5.74, 6) is 0.778. The van der Waals surface area contributed by atoms with E-state index in [1.165, 1.54) is 11.1 Å². The Morgan fingerprint density at radius 1 is 0.800 bits per heavy atom. The van der Waals surface area contributed by atoms with Crippen molar-refractivity contribution in [1.82, 2.24) is 0 Å². The normalized spacial score (nSPS) is 21.8. The second-order valence-electron chi connectivity index (χ2n) is 5.47. The van der Waals surface area contributed by atoms with Crippen molar-refractivity contribution in [2.45, 2.75) is 24.9 Å². The standard InChI is InChI=1S/C17H16Cl2O/c18-14-5-1-11(2-6-14)17(13-9-16(20)10-13)12-3-7-15(19)8-4-12/h1-8,13,16-17,20H,9-10H2. The van der Waals surface area contributed by atoms with Crippen LogP contribution in [-0.2, 0) is 0 Å². The van der Waals surface area contributed by atoms with Gasteiger partial charge in [0.05, 0.1) is 6.10 Å². The lowest BCUT2D eigenvalue weighted by Gasteiger charge is -2.38. The van der Waals surface area contributed by atoms with Gasteiger partial charge < -0.3 is 5.11 Å². The van der Waals surface area contributed by atoms with Gasteiger partial charge in [-0.2, -0.15) is 0 Å². The van der Waals surface area contributed by atoms with Crippen LogP contribution in [0.25, 0.3) is 0 Å². The van der Waals surface area contributed by atoms with Gasteiger partial charge in [-0.15, -0.1) is 0 Å². The number of aliphatic hydroxyl groups is 1. The largest absolute Gasteiger partial charge is 0.393 e. The second-order valence-corrected chi connectivity index (χ2v) is 6.34. The number of halogens is 2. The summed E-state index contributed by atoms with van der Waals surface area (Å²) in [6.07, 6.45) is 1.56. The first-order valence-electron chi connectivity index (χ1n) is 6.82. The molecule has 3 heteroatoms. The smallest absolute Gasteiger partial charge is 0.0546 e. The van der Waals surface area contributed by atoms with Gasteiger partial charge in [-0.25, -0.2) is 0 Å². The fraction of sp³-hybridized carbons (Fsp3) is 0.294. The summed E-state index contributed by atoms with van der Waals surface area (Å²) in [5.41, 5.74) is 2.49. The van der Waals surface area contributed by atoms with Gasteiger partial charge in [0, 0.05) is 16.0 Å². The molecule has 0 aliphatic heterocycles. The Bertz CT molecular complexity index is 525. The predicted octanol–water partition coefficient (Wildman–Crippen LogP) is 4.90. The molecule has 1 aliphatic rings. The van der Waals surface area contributed by atoms with Crippen LogP contribution in [0.5, 0.6) is 0 Å². The summed E-state index contributed by atoms with van der Waals surface area (Å²) in [6.45, 7) is 0. The van der Waals surface area contributed by atoms with E-state index in [2.05, 4.69) is 24.3 Å². The van der Waals surface area contributed by atoms with Gasteiger partial charge in [0.2, 0.25) is 0 Å². The molecular weight excluding hydrogens is 291 g/mol. The molecule has 2 aromatic carbocycles. The van der Waals surface area contributed by atoms with E-state index in [0.29, 0.717) is 11.8 Å². The van der Waals surface area contributed by atoms with Crippen molar-refractivity contribution in [2.75, 3.05) is 0 Å². The van der Waals surface area contributed by atoms with Gasteiger partial charge >= 0.3 is 0 Å². The Morgan fingerprint density at radius 3 is 1.55 bits per heavy atom. The van der Waals surface area contributed by atoms with Gasteiger partial charge in [-0.05, 0) is 54.2 Å². The van der Waals surface area contributed by atoms with Crippen molar-refractivity contribution < 1.29 is 5.11 Å². The van der Waals surface area contributed by atoms with Crippen LogP contribution < -0.4 is 0 Å². The lowest BCUT2D eigenvalue weighted by atomic mass is 9.69. The Hall–Kier alpha value is -1.02. The number of benzene rings is 2. The minimum absolute atomic E-state index is 0.151. The van der Waals surface area contributed by atoms with Crippen LogP contribution >= 0.6 is 23.2 Å². The van der Waals surface area contributed by atoms with Crippen LogP contribution in [0.2, 0.25) is 10.0 Å². The number of rotatable bonds is 3. The third kappa shape index (κ3) is 2.85. The molecule has 0 bridgehead atoms. The minimum atomic E-state index is -0.151. The molecule has 0 atom stereocenters. The molecule has 0 radical (unpaired) electrons. The van der Waals surface area contributed by atoms with Crippen molar-refractivity contribution >= 4 is 23.2 Å². The number of hydrogen-bond donors (Lipinski definition) is 1. The molecular formula is C17H16Cl2O. The van der Waals surface area contributed by atoms with Crippen LogP contribution in [0.15, 0.2) is 48.5 Å². The van der Waals surface area contributed by atoms with Crippen molar-refractivity contribution in [3.05, 3.63) is 69.7 Å². The molecule has 0 amide bonds. The molecule has 0 aromatic heterocycles. The van der Waals surface area contributed by atoms with Gasteiger partial charge in [0.1, 0.15) is 0 Å². The molecule has 0 saturated heterocycles. The average Bonchev–Trinajstić information content (AvgIpc) is 2.41. The van der Waals surface area contributed by atoms with E-state index in [1.807, 2.05) is 24.3 Å². The molecule has 0 unspecified atom stereocenters. The van der Waals surface area contributed by atoms with Gasteiger partial charge in [0.15, 0.2) is 0 Å². The van der Waals surface area contributed by atoms with E-state index < -0.39 is 0 Å². The Morgan fingerprint density at radius 2 is 1.20 bits per heavy atom. The average molecular weight is 307 g/mol. The van der Waals surface area contributed by atoms with Crippen LogP contribution in [0.4, 0.5) is 0 Å². The molecule has 2 aromatic rings. The summed E-state index contributed by atoms with van der Waals surface area (Å²) >= 11 is 12.0. The van der Waals surface area contributed by atoms with Crippen LogP contribution in [0.1, 0.15) is 29.9 Å². The Balaban J connectivity index is 1.95. The lowest BCUT2D eigenvalue weighted by Crippen LogP contribution is -2.33. The van der Waals surface area contributed by atoms with Crippen molar-refractivity contribution in [3.63, 3.8) is 0 Å². The lowest BCUT2D eigenvalue weighted by molar-refractivity contribution is 0.0356. The molecule has 1 N–H and O–H groups in total. The van der Waals surface area contributed by atoms with Gasteiger partial charge in [-0.1, -0.05) is 47.5 Å². The van der Waals surface area contributed by atoms with E-state index in [1.54, 1.807) is 0 Å². The molecule has 20 heavy (non-hydrogen) atoms. The fourth-order valence-electron chi connectivity index (χ4n) is 2.98. The quantitative estimate of drug-likeness (QED) is 0.855. The van der Waals surface area contributed by atoms with Crippen molar-refractivity contribution in [1.29, 1.82) is 0 Å². The summed E-state index contributed by atoms with van der Waals surface area (Å²) in [4.78, 5) is 0. The first-order chi connectivity index (χ1) is 9.63. The molecule has 3 rings (SSSR count). The molecule has 1 aliphatic carbocycles. The third-order valence-corrected chi connectivity index (χ3v) is 4.58. The molecule has 1 saturated carbocycles. The maximum Gasteiger partial charge on any atom is 0.0546 e. The highest BCUT2D eigenvalue weighted by Gasteiger charge is 2.35. The monoisotopic (exact) mass is 306 g/mol. The molecule has 1 fully saturated rings. The zero-order valence-electron chi connectivity index (χ0n) is 11.0. The topological polar surface area (TPSA) is 20.2 Å².